The van der Waals surface area contributed by atoms with Crippen molar-refractivity contribution in [3.05, 3.63) is 52.8 Å². The maximum Gasteiger partial charge on any atom is 0.236 e. The van der Waals surface area contributed by atoms with E-state index in [1.54, 1.807) is 0 Å². The number of likely N-dealkylation sites (tertiary alicyclic amines) is 2. The summed E-state index contributed by atoms with van der Waals surface area (Å²) in [7, 11) is 0. The Bertz CT molecular complexity index is 1200. The molecule has 0 bridgehead atoms. The number of aliphatic hydroxyl groups is 1. The van der Waals surface area contributed by atoms with Gasteiger partial charge in [0.2, 0.25) is 5.91 Å². The standard InChI is InChI=1S/C29H38N4O2/c1-18(2)28-25-15-22(5-6-26(25)31-29(28)23-13-19(3)30-20(4)14-23)21-7-11-33(12-8-21)27(35)17-32-10-9-24(34)16-32/h5-6,13-15,18,21,24,31,34H,7-12,16-17H2,1-4H3/t24-/m0/s1. The van der Waals surface area contributed by atoms with Crippen LogP contribution in [0.5, 0.6) is 0 Å². The number of rotatable bonds is 5. The zero-order valence-electron chi connectivity index (χ0n) is 21.5. The number of benzene rings is 1. The molecule has 3 aromatic rings. The Morgan fingerprint density at radius 2 is 1.80 bits per heavy atom. The number of β-amino-alcohol motifs (C(OH)–C–C–N with tert-alkyl or cyclic N) is 1. The molecule has 4 heterocycles. The number of pyridine rings is 1. The van der Waals surface area contributed by atoms with Gasteiger partial charge in [0.15, 0.2) is 0 Å². The SMILES string of the molecule is Cc1cc(-c2[nH]c3ccc(C4CCN(C(=O)CN5CC[C@H](O)C5)CC4)cc3c2C(C)C)cc(C)n1. The van der Waals surface area contributed by atoms with Crippen molar-refractivity contribution < 1.29 is 9.90 Å². The van der Waals surface area contributed by atoms with E-state index in [1.165, 1.54) is 33.3 Å². The fourth-order valence-corrected chi connectivity index (χ4v) is 6.00. The van der Waals surface area contributed by atoms with Gasteiger partial charge >= 0.3 is 0 Å². The highest BCUT2D eigenvalue weighted by Crippen LogP contribution is 2.38. The molecule has 2 fully saturated rings. The number of amides is 1. The molecule has 2 aliphatic heterocycles. The average Bonchev–Trinajstić information content (AvgIpc) is 3.41. The van der Waals surface area contributed by atoms with E-state index in [2.05, 4.69) is 72.9 Å². The van der Waals surface area contributed by atoms with Gasteiger partial charge in [0.05, 0.1) is 18.3 Å². The molecule has 6 heteroatoms. The smallest absolute Gasteiger partial charge is 0.236 e. The summed E-state index contributed by atoms with van der Waals surface area (Å²) in [5, 5.41) is 11.0. The Balaban J connectivity index is 1.34. The zero-order valence-corrected chi connectivity index (χ0v) is 21.5. The van der Waals surface area contributed by atoms with Crippen molar-refractivity contribution in [2.75, 3.05) is 32.7 Å². The normalized spacial score (nSPS) is 19.8. The summed E-state index contributed by atoms with van der Waals surface area (Å²) in [6, 6.07) is 11.2. The minimum absolute atomic E-state index is 0.202. The Hall–Kier alpha value is -2.70. The van der Waals surface area contributed by atoms with Crippen molar-refractivity contribution >= 4 is 16.8 Å². The number of aromatic amines is 1. The monoisotopic (exact) mass is 474 g/mol. The first-order valence-corrected chi connectivity index (χ1v) is 13.1. The molecule has 2 aromatic heterocycles. The number of aliphatic hydroxyl groups excluding tert-OH is 1. The molecular formula is C29H38N4O2. The third-order valence-corrected chi connectivity index (χ3v) is 7.74. The lowest BCUT2D eigenvalue weighted by atomic mass is 9.87. The molecular weight excluding hydrogens is 436 g/mol. The second kappa shape index (κ2) is 9.75. The Kier molecular flexibility index (Phi) is 6.69. The number of piperidine rings is 1. The van der Waals surface area contributed by atoms with Gasteiger partial charge in [-0.1, -0.05) is 19.9 Å². The second-order valence-corrected chi connectivity index (χ2v) is 10.8. The molecule has 0 radical (unpaired) electrons. The molecule has 0 saturated carbocycles. The molecule has 1 atom stereocenters. The Morgan fingerprint density at radius 3 is 2.43 bits per heavy atom. The van der Waals surface area contributed by atoms with E-state index in [4.69, 9.17) is 0 Å². The van der Waals surface area contributed by atoms with Crippen LogP contribution in [0.15, 0.2) is 30.3 Å². The molecule has 6 nitrogen and oxygen atoms in total. The number of aryl methyl sites for hydroxylation is 2. The summed E-state index contributed by atoms with van der Waals surface area (Å²) < 4.78 is 0. The third kappa shape index (κ3) is 5.00. The predicted molar refractivity (Wildman–Crippen MR) is 141 cm³/mol. The molecule has 1 aromatic carbocycles. The van der Waals surface area contributed by atoms with Crippen LogP contribution < -0.4 is 0 Å². The molecule has 1 amide bonds. The fraction of sp³-hybridized carbons (Fsp3) is 0.517. The number of nitrogens with zero attached hydrogens (tertiary/aromatic N) is 3. The van der Waals surface area contributed by atoms with Crippen molar-refractivity contribution in [3.8, 4) is 11.3 Å². The van der Waals surface area contributed by atoms with E-state index in [-0.39, 0.29) is 12.0 Å². The Morgan fingerprint density at radius 1 is 1.09 bits per heavy atom. The molecule has 2 saturated heterocycles. The Labute approximate surface area is 208 Å². The number of carbonyl (C=O) groups excluding carboxylic acids is 1. The first-order chi connectivity index (χ1) is 16.8. The van der Waals surface area contributed by atoms with Gasteiger partial charge in [0.1, 0.15) is 0 Å². The van der Waals surface area contributed by atoms with Crippen LogP contribution in [0.3, 0.4) is 0 Å². The van der Waals surface area contributed by atoms with Gasteiger partial charge in [-0.05, 0) is 80.3 Å². The predicted octanol–water partition coefficient (Wildman–Crippen LogP) is 4.74. The largest absolute Gasteiger partial charge is 0.392 e. The minimum atomic E-state index is -0.278. The summed E-state index contributed by atoms with van der Waals surface area (Å²) in [4.78, 5) is 25.1. The van der Waals surface area contributed by atoms with Gasteiger partial charge in [-0.25, -0.2) is 0 Å². The summed E-state index contributed by atoms with van der Waals surface area (Å²) in [6.45, 7) is 12.1. The molecule has 2 N–H and O–H groups in total. The van der Waals surface area contributed by atoms with E-state index >= 15 is 0 Å². The van der Waals surface area contributed by atoms with Crippen molar-refractivity contribution in [2.45, 2.75) is 64.9 Å². The molecule has 0 aliphatic carbocycles. The number of fused-ring (bicyclic) bond motifs is 1. The quantitative estimate of drug-likeness (QED) is 0.560. The first-order valence-electron chi connectivity index (χ1n) is 13.1. The van der Waals surface area contributed by atoms with Crippen LogP contribution in [0.1, 0.15) is 67.5 Å². The highest BCUT2D eigenvalue weighted by molar-refractivity contribution is 5.92. The van der Waals surface area contributed by atoms with Gasteiger partial charge in [-0.15, -0.1) is 0 Å². The van der Waals surface area contributed by atoms with Crippen molar-refractivity contribution in [1.29, 1.82) is 0 Å². The number of nitrogens with one attached hydrogen (secondary N) is 1. The van der Waals surface area contributed by atoms with Gasteiger partial charge in [-0.3, -0.25) is 14.7 Å². The number of hydrogen-bond acceptors (Lipinski definition) is 4. The summed E-state index contributed by atoms with van der Waals surface area (Å²) in [5.41, 5.74) is 8.41. The van der Waals surface area contributed by atoms with Crippen LogP contribution in [0.4, 0.5) is 0 Å². The minimum Gasteiger partial charge on any atom is -0.392 e. The number of H-pyrrole nitrogens is 1. The molecule has 35 heavy (non-hydrogen) atoms. The molecule has 0 spiro atoms. The highest BCUT2D eigenvalue weighted by Gasteiger charge is 2.28. The number of carbonyl (C=O) groups is 1. The van der Waals surface area contributed by atoms with E-state index in [0.717, 1.165) is 50.3 Å². The maximum atomic E-state index is 12.8. The van der Waals surface area contributed by atoms with Crippen molar-refractivity contribution in [3.63, 3.8) is 0 Å². The van der Waals surface area contributed by atoms with E-state index in [9.17, 15) is 9.90 Å². The fourth-order valence-electron chi connectivity index (χ4n) is 6.00. The molecule has 186 valence electrons. The number of aromatic nitrogens is 2. The average molecular weight is 475 g/mol. The van der Waals surface area contributed by atoms with E-state index in [1.807, 2.05) is 4.90 Å². The van der Waals surface area contributed by atoms with Crippen LogP contribution in [0.25, 0.3) is 22.2 Å². The lowest BCUT2D eigenvalue weighted by Gasteiger charge is -2.33. The lowest BCUT2D eigenvalue weighted by molar-refractivity contribution is -0.133. The maximum absolute atomic E-state index is 12.8. The van der Waals surface area contributed by atoms with Crippen LogP contribution in [0.2, 0.25) is 0 Å². The number of hydrogen-bond donors (Lipinski definition) is 2. The summed E-state index contributed by atoms with van der Waals surface area (Å²) in [5.74, 6) is 1.07. The van der Waals surface area contributed by atoms with Crippen molar-refractivity contribution in [1.82, 2.24) is 19.8 Å². The topological polar surface area (TPSA) is 72.5 Å². The molecule has 0 unspecified atom stereocenters. The molecule has 2 aliphatic rings. The van der Waals surface area contributed by atoms with Gasteiger partial charge in [-0.2, -0.15) is 0 Å². The summed E-state index contributed by atoms with van der Waals surface area (Å²) >= 11 is 0. The first kappa shape index (κ1) is 24.0. The van der Waals surface area contributed by atoms with Gasteiger partial charge in [0.25, 0.3) is 0 Å². The third-order valence-electron chi connectivity index (χ3n) is 7.74. The van der Waals surface area contributed by atoms with Gasteiger partial charge in [0, 0.05) is 54.0 Å². The molecule has 5 rings (SSSR count). The highest BCUT2D eigenvalue weighted by atomic mass is 16.3. The van der Waals surface area contributed by atoms with E-state index < -0.39 is 0 Å². The van der Waals surface area contributed by atoms with Crippen LogP contribution >= 0.6 is 0 Å². The van der Waals surface area contributed by atoms with Crippen LogP contribution in [-0.2, 0) is 4.79 Å². The van der Waals surface area contributed by atoms with Crippen LogP contribution in [0, 0.1) is 13.8 Å². The summed E-state index contributed by atoms with van der Waals surface area (Å²) in [6.07, 6.45) is 2.49. The van der Waals surface area contributed by atoms with Gasteiger partial charge < -0.3 is 15.0 Å². The van der Waals surface area contributed by atoms with E-state index in [0.29, 0.717) is 24.9 Å². The zero-order chi connectivity index (χ0) is 24.7. The van der Waals surface area contributed by atoms with Crippen molar-refractivity contribution in [2.24, 2.45) is 0 Å². The lowest BCUT2D eigenvalue weighted by Crippen LogP contribution is -2.43. The second-order valence-electron chi connectivity index (χ2n) is 10.8. The van der Waals surface area contributed by atoms with Crippen LogP contribution in [-0.4, -0.2) is 69.6 Å².